The number of rotatable bonds is 2. The van der Waals surface area contributed by atoms with Crippen molar-refractivity contribution in [2.45, 2.75) is 38.2 Å². The predicted octanol–water partition coefficient (Wildman–Crippen LogP) is 3.95. The lowest BCUT2D eigenvalue weighted by Crippen LogP contribution is -2.33. The molecule has 3 rings (SSSR count). The first-order chi connectivity index (χ1) is 9.57. The molecule has 1 unspecified atom stereocenters. The zero-order valence-electron chi connectivity index (χ0n) is 12.1. The molecule has 2 heterocycles. The summed E-state index contributed by atoms with van der Waals surface area (Å²) in [5.41, 5.74) is 2.03. The Morgan fingerprint density at radius 2 is 2.25 bits per heavy atom. The van der Waals surface area contributed by atoms with E-state index >= 15 is 0 Å². The van der Waals surface area contributed by atoms with Crippen molar-refractivity contribution in [3.8, 4) is 0 Å². The van der Waals surface area contributed by atoms with Gasteiger partial charge in [-0.15, -0.1) is 0 Å². The summed E-state index contributed by atoms with van der Waals surface area (Å²) in [7, 11) is 0. The largest absolute Gasteiger partial charge is 0.376 e. The molecule has 1 aliphatic rings. The molecule has 1 fully saturated rings. The van der Waals surface area contributed by atoms with Gasteiger partial charge in [-0.2, -0.15) is 0 Å². The highest BCUT2D eigenvalue weighted by atomic mass is 16.5. The van der Waals surface area contributed by atoms with E-state index in [1.54, 1.807) is 0 Å². The molecule has 20 heavy (non-hydrogen) atoms. The molecular weight excluding hydrogens is 248 g/mol. The summed E-state index contributed by atoms with van der Waals surface area (Å²) in [5.74, 6) is 1.34. The summed E-state index contributed by atoms with van der Waals surface area (Å²) in [6.45, 7) is 8.85. The van der Waals surface area contributed by atoms with Crippen LogP contribution in [0.15, 0.2) is 31.0 Å². The normalized spacial score (nSPS) is 21.8. The lowest BCUT2D eigenvalue weighted by atomic mass is 9.88. The average molecular weight is 268 g/mol. The van der Waals surface area contributed by atoms with Crippen LogP contribution in [0.1, 0.15) is 44.0 Å². The molecule has 0 N–H and O–H groups in total. The third kappa shape index (κ3) is 2.59. The fourth-order valence-electron chi connectivity index (χ4n) is 2.84. The molecular formula is C17H20N2O. The Labute approximate surface area is 119 Å². The first kappa shape index (κ1) is 13.3. The van der Waals surface area contributed by atoms with Crippen LogP contribution in [0, 0.1) is 0 Å². The van der Waals surface area contributed by atoms with Gasteiger partial charge in [0, 0.05) is 24.1 Å². The molecule has 2 aromatic rings. The Balaban J connectivity index is 1.94. The zero-order valence-corrected chi connectivity index (χ0v) is 12.1. The second-order valence-corrected chi connectivity index (χ2v) is 6.05. The predicted molar refractivity (Wildman–Crippen MR) is 81.6 cm³/mol. The Morgan fingerprint density at radius 3 is 3.00 bits per heavy atom. The molecule has 1 aliphatic heterocycles. The van der Waals surface area contributed by atoms with Gasteiger partial charge in [0.15, 0.2) is 0 Å². The van der Waals surface area contributed by atoms with Crippen LogP contribution in [-0.2, 0) is 4.74 Å². The smallest absolute Gasteiger partial charge is 0.132 e. The van der Waals surface area contributed by atoms with Crippen molar-refractivity contribution in [3.63, 3.8) is 0 Å². The number of hydrogen-bond acceptors (Lipinski definition) is 3. The summed E-state index contributed by atoms with van der Waals surface area (Å²) in [4.78, 5) is 9.31. The molecule has 0 bridgehead atoms. The van der Waals surface area contributed by atoms with E-state index in [0.717, 1.165) is 41.7 Å². The molecule has 1 aromatic carbocycles. The van der Waals surface area contributed by atoms with Crippen LogP contribution >= 0.6 is 0 Å². The van der Waals surface area contributed by atoms with Gasteiger partial charge in [0.05, 0.1) is 11.1 Å². The number of aromatic nitrogens is 2. The first-order valence-electron chi connectivity index (χ1n) is 7.10. The third-order valence-corrected chi connectivity index (χ3v) is 3.92. The summed E-state index contributed by atoms with van der Waals surface area (Å²) in [6.07, 6.45) is 5.74. The minimum atomic E-state index is -0.0755. The Hall–Kier alpha value is -1.74. The van der Waals surface area contributed by atoms with Crippen LogP contribution in [0.5, 0.6) is 0 Å². The third-order valence-electron chi connectivity index (χ3n) is 3.92. The quantitative estimate of drug-likeness (QED) is 0.827. The Bertz CT molecular complexity index is 648. The summed E-state index contributed by atoms with van der Waals surface area (Å²) in [6, 6.07) is 6.15. The van der Waals surface area contributed by atoms with E-state index < -0.39 is 0 Å². The van der Waals surface area contributed by atoms with Crippen molar-refractivity contribution in [3.05, 3.63) is 42.4 Å². The van der Waals surface area contributed by atoms with Crippen LogP contribution < -0.4 is 0 Å². The second kappa shape index (κ2) is 4.98. The van der Waals surface area contributed by atoms with Crippen LogP contribution in [0.4, 0.5) is 0 Å². The Morgan fingerprint density at radius 1 is 1.40 bits per heavy atom. The fourth-order valence-corrected chi connectivity index (χ4v) is 2.84. The highest BCUT2D eigenvalue weighted by molar-refractivity contribution is 5.80. The topological polar surface area (TPSA) is 35.0 Å². The summed E-state index contributed by atoms with van der Waals surface area (Å²) >= 11 is 0. The maximum absolute atomic E-state index is 5.77. The molecule has 0 amide bonds. The van der Waals surface area contributed by atoms with Gasteiger partial charge in [-0.05, 0) is 44.4 Å². The van der Waals surface area contributed by atoms with Crippen LogP contribution in [-0.4, -0.2) is 22.2 Å². The van der Waals surface area contributed by atoms with E-state index in [9.17, 15) is 0 Å². The number of hydrogen-bond donors (Lipinski definition) is 0. The van der Waals surface area contributed by atoms with Crippen molar-refractivity contribution in [1.29, 1.82) is 0 Å². The minimum Gasteiger partial charge on any atom is -0.376 e. The lowest BCUT2D eigenvalue weighted by Gasteiger charge is -2.34. The van der Waals surface area contributed by atoms with E-state index in [1.807, 2.05) is 24.4 Å². The molecule has 104 valence electrons. The van der Waals surface area contributed by atoms with Gasteiger partial charge in [-0.3, -0.25) is 0 Å². The van der Waals surface area contributed by atoms with Gasteiger partial charge < -0.3 is 4.74 Å². The second-order valence-electron chi connectivity index (χ2n) is 6.05. The monoisotopic (exact) mass is 268 g/mol. The lowest BCUT2D eigenvalue weighted by molar-refractivity contribution is -0.0602. The number of fused-ring (bicyclic) bond motifs is 1. The molecule has 0 spiro atoms. The van der Waals surface area contributed by atoms with E-state index in [2.05, 4.69) is 31.5 Å². The van der Waals surface area contributed by atoms with Gasteiger partial charge >= 0.3 is 0 Å². The average Bonchev–Trinajstić information content (AvgIpc) is 2.45. The molecule has 1 aromatic heterocycles. The number of benzene rings is 1. The van der Waals surface area contributed by atoms with Crippen LogP contribution in [0.25, 0.3) is 17.0 Å². The highest BCUT2D eigenvalue weighted by Gasteiger charge is 2.31. The zero-order chi connectivity index (χ0) is 14.2. The van der Waals surface area contributed by atoms with Crippen molar-refractivity contribution in [2.24, 2.45) is 0 Å². The van der Waals surface area contributed by atoms with Crippen molar-refractivity contribution >= 4 is 17.0 Å². The minimum absolute atomic E-state index is 0.0755. The molecule has 3 nitrogen and oxygen atoms in total. The first-order valence-corrected chi connectivity index (χ1v) is 7.10. The standard InChI is InChI=1S/C17H20N2O/c1-4-12-5-6-15-14(9-12)11-18-16(19-15)13-7-8-20-17(2,3)10-13/h4-6,9,11,13H,1,7-8,10H2,2-3H3. The fraction of sp³-hybridized carbons (Fsp3) is 0.412. The molecule has 1 saturated heterocycles. The highest BCUT2D eigenvalue weighted by Crippen LogP contribution is 2.34. The van der Waals surface area contributed by atoms with Gasteiger partial charge in [-0.1, -0.05) is 18.7 Å². The van der Waals surface area contributed by atoms with Gasteiger partial charge in [0.2, 0.25) is 0 Å². The number of nitrogens with zero attached hydrogens (tertiary/aromatic N) is 2. The number of ether oxygens (including phenoxy) is 1. The molecule has 3 heteroatoms. The summed E-state index contributed by atoms with van der Waals surface area (Å²) in [5, 5.41) is 1.07. The SMILES string of the molecule is C=Cc1ccc2nc(C3CCOC(C)(C)C3)ncc2c1. The maximum atomic E-state index is 5.77. The van der Waals surface area contributed by atoms with Gasteiger partial charge in [0.25, 0.3) is 0 Å². The summed E-state index contributed by atoms with van der Waals surface area (Å²) < 4.78 is 5.77. The van der Waals surface area contributed by atoms with Gasteiger partial charge in [-0.25, -0.2) is 9.97 Å². The molecule has 0 saturated carbocycles. The van der Waals surface area contributed by atoms with E-state index in [4.69, 9.17) is 9.72 Å². The van der Waals surface area contributed by atoms with E-state index in [0.29, 0.717) is 5.92 Å². The van der Waals surface area contributed by atoms with Crippen LogP contribution in [0.2, 0.25) is 0 Å². The molecule has 1 atom stereocenters. The van der Waals surface area contributed by atoms with Crippen LogP contribution in [0.3, 0.4) is 0 Å². The maximum Gasteiger partial charge on any atom is 0.132 e. The molecule has 0 radical (unpaired) electrons. The van der Waals surface area contributed by atoms with Gasteiger partial charge in [0.1, 0.15) is 5.82 Å². The van der Waals surface area contributed by atoms with E-state index in [1.165, 1.54) is 0 Å². The molecule has 0 aliphatic carbocycles. The Kier molecular flexibility index (Phi) is 3.30. The van der Waals surface area contributed by atoms with Crippen molar-refractivity contribution < 1.29 is 4.74 Å². The van der Waals surface area contributed by atoms with Crippen molar-refractivity contribution in [2.75, 3.05) is 6.61 Å². The van der Waals surface area contributed by atoms with E-state index in [-0.39, 0.29) is 5.60 Å². The van der Waals surface area contributed by atoms with Crippen molar-refractivity contribution in [1.82, 2.24) is 9.97 Å².